The second kappa shape index (κ2) is 13.9. The first-order valence-corrected chi connectivity index (χ1v) is 15.0. The zero-order chi connectivity index (χ0) is 31.2. The average molecular weight is 603 g/mol. The lowest BCUT2D eigenvalue weighted by Gasteiger charge is -2.33. The number of anilines is 1. The highest BCUT2D eigenvalue weighted by atomic mass is 19.4. The number of carbonyl (C=O) groups excluding carboxylic acids is 3. The minimum Gasteiger partial charge on any atom is -0.383 e. The number of allylic oxidation sites excluding steroid dienone is 4. The van der Waals surface area contributed by atoms with E-state index in [4.69, 9.17) is 0 Å². The molecule has 3 amide bonds. The topological polar surface area (TPSA) is 111 Å². The van der Waals surface area contributed by atoms with Crippen molar-refractivity contribution in [2.24, 2.45) is 16.8 Å². The van der Waals surface area contributed by atoms with Gasteiger partial charge in [-0.3, -0.25) is 19.4 Å². The quantitative estimate of drug-likeness (QED) is 0.335. The lowest BCUT2D eigenvalue weighted by molar-refractivity contribution is -0.140. The van der Waals surface area contributed by atoms with Crippen molar-refractivity contribution in [1.82, 2.24) is 10.6 Å². The summed E-state index contributed by atoms with van der Waals surface area (Å²) < 4.78 is 39.0. The second-order valence-corrected chi connectivity index (χ2v) is 11.9. The Labute approximate surface area is 250 Å². The van der Waals surface area contributed by atoms with Gasteiger partial charge in [0.05, 0.1) is 5.57 Å². The van der Waals surface area contributed by atoms with Crippen molar-refractivity contribution in [3.8, 4) is 0 Å². The fourth-order valence-corrected chi connectivity index (χ4v) is 6.43. The maximum atomic E-state index is 13.6. The normalized spacial score (nSPS) is 21.8. The van der Waals surface area contributed by atoms with Crippen LogP contribution in [0.1, 0.15) is 69.8 Å². The van der Waals surface area contributed by atoms with E-state index in [1.807, 2.05) is 6.07 Å². The van der Waals surface area contributed by atoms with Gasteiger partial charge in [-0.25, -0.2) is 0 Å². The van der Waals surface area contributed by atoms with Crippen molar-refractivity contribution in [2.45, 2.75) is 94.6 Å². The van der Waals surface area contributed by atoms with Crippen LogP contribution in [0.4, 0.5) is 18.9 Å². The van der Waals surface area contributed by atoms with Crippen LogP contribution >= 0.6 is 0 Å². The number of hydrogen-bond acceptors (Lipinski definition) is 5. The third-order valence-electron chi connectivity index (χ3n) is 8.98. The molecule has 43 heavy (non-hydrogen) atoms. The number of alkyl halides is 3. The van der Waals surface area contributed by atoms with E-state index in [0.29, 0.717) is 37.8 Å². The maximum Gasteiger partial charge on any atom is 0.416 e. The maximum absolute atomic E-state index is 13.6. The van der Waals surface area contributed by atoms with Crippen molar-refractivity contribution < 1.29 is 32.7 Å². The molecule has 0 saturated heterocycles. The molecule has 2 unspecified atom stereocenters. The highest BCUT2D eigenvalue weighted by Crippen LogP contribution is 2.34. The first-order chi connectivity index (χ1) is 20.4. The Balaban J connectivity index is 1.43. The molecular formula is C32H41F3N4O4. The van der Waals surface area contributed by atoms with E-state index in [9.17, 15) is 32.7 Å². The summed E-state index contributed by atoms with van der Waals surface area (Å²) in [4.78, 5) is 45.4. The molecule has 4 rings (SSSR count). The van der Waals surface area contributed by atoms with Gasteiger partial charge in [-0.15, -0.1) is 0 Å². The number of para-hydroxylation sites is 1. The standard InChI is InChI=1S/C32H41F3N4O4/c1-36-27(37-30(43)31(18-8-9-19-31)38-28(41)26(40)22-10-4-3-5-11-22)29(42)39(2)25-13-7-6-12-23(25)20-21-14-16-24(17-15-21)32(33,34)35/h6-7,12-14,16-17,21-22,26-27,40H,1,3-5,8-11,15,18-20H2,2H3,(H,37,43)(H,38,41)/t21?,26-,27?/m1/s1. The molecule has 3 aliphatic rings. The van der Waals surface area contributed by atoms with Crippen molar-refractivity contribution in [3.63, 3.8) is 0 Å². The van der Waals surface area contributed by atoms with Gasteiger partial charge in [0, 0.05) is 12.7 Å². The molecule has 1 aromatic rings. The Morgan fingerprint density at radius 2 is 1.79 bits per heavy atom. The van der Waals surface area contributed by atoms with Crippen molar-refractivity contribution >= 4 is 30.1 Å². The Kier molecular flexibility index (Phi) is 10.5. The van der Waals surface area contributed by atoms with E-state index in [0.717, 1.165) is 43.7 Å². The van der Waals surface area contributed by atoms with Crippen LogP contribution in [-0.4, -0.2) is 60.6 Å². The number of nitrogens with one attached hydrogen (secondary N) is 2. The van der Waals surface area contributed by atoms with E-state index in [1.54, 1.807) is 18.2 Å². The van der Waals surface area contributed by atoms with Crippen LogP contribution < -0.4 is 15.5 Å². The third-order valence-corrected chi connectivity index (χ3v) is 8.98. The molecular weight excluding hydrogens is 561 g/mol. The molecule has 3 atom stereocenters. The van der Waals surface area contributed by atoms with Gasteiger partial charge in [-0.05, 0) is 68.7 Å². The number of nitrogens with zero attached hydrogens (tertiary/aromatic N) is 2. The summed E-state index contributed by atoms with van der Waals surface area (Å²) in [6, 6.07) is 7.08. The molecule has 0 radical (unpaired) electrons. The van der Waals surface area contributed by atoms with E-state index in [2.05, 4.69) is 22.3 Å². The highest BCUT2D eigenvalue weighted by molar-refractivity contribution is 6.01. The minimum absolute atomic E-state index is 0.139. The number of hydrogen-bond donors (Lipinski definition) is 3. The monoisotopic (exact) mass is 602 g/mol. The van der Waals surface area contributed by atoms with Crippen LogP contribution in [0.25, 0.3) is 0 Å². The van der Waals surface area contributed by atoms with Gasteiger partial charge in [0.25, 0.3) is 5.91 Å². The predicted octanol–water partition coefficient (Wildman–Crippen LogP) is 4.77. The molecule has 3 aliphatic carbocycles. The summed E-state index contributed by atoms with van der Waals surface area (Å²) in [6.07, 6.45) is 4.19. The highest BCUT2D eigenvalue weighted by Gasteiger charge is 2.45. The van der Waals surface area contributed by atoms with Crippen molar-refractivity contribution in [2.75, 3.05) is 11.9 Å². The second-order valence-electron chi connectivity index (χ2n) is 11.9. The van der Waals surface area contributed by atoms with Gasteiger partial charge in [0.2, 0.25) is 11.8 Å². The van der Waals surface area contributed by atoms with Crippen LogP contribution in [0.5, 0.6) is 0 Å². The Morgan fingerprint density at radius 3 is 2.40 bits per heavy atom. The SMILES string of the molecule is C=NC(NC(=O)C1(NC(=O)[C@H](O)C2CCCCC2)CCCC1)C(=O)N(C)c1ccccc1CC1C=CC(C(F)(F)F)=CC1. The van der Waals surface area contributed by atoms with E-state index in [-0.39, 0.29) is 18.3 Å². The van der Waals surface area contributed by atoms with Gasteiger partial charge < -0.3 is 20.6 Å². The minimum atomic E-state index is -4.39. The Hall–Kier alpha value is -3.47. The van der Waals surface area contributed by atoms with Gasteiger partial charge in [-0.2, -0.15) is 13.2 Å². The fraction of sp³-hybridized carbons (Fsp3) is 0.562. The number of amides is 3. The molecule has 2 saturated carbocycles. The summed E-state index contributed by atoms with van der Waals surface area (Å²) in [6.45, 7) is 3.51. The zero-order valence-corrected chi connectivity index (χ0v) is 24.5. The molecule has 0 aromatic heterocycles. The van der Waals surface area contributed by atoms with Crippen LogP contribution in [0.15, 0.2) is 53.1 Å². The third kappa shape index (κ3) is 7.74. The number of aliphatic hydroxyl groups is 1. The van der Waals surface area contributed by atoms with Gasteiger partial charge in [-0.1, -0.05) is 68.5 Å². The fourth-order valence-electron chi connectivity index (χ4n) is 6.43. The molecule has 0 heterocycles. The van der Waals surface area contributed by atoms with Crippen LogP contribution in [0.2, 0.25) is 0 Å². The summed E-state index contributed by atoms with van der Waals surface area (Å²) in [5.74, 6) is -2.01. The number of benzene rings is 1. The van der Waals surface area contributed by atoms with E-state index >= 15 is 0 Å². The van der Waals surface area contributed by atoms with E-state index < -0.39 is 47.3 Å². The Bertz CT molecular complexity index is 1250. The lowest BCUT2D eigenvalue weighted by Crippen LogP contribution is -2.62. The molecule has 0 bridgehead atoms. The van der Waals surface area contributed by atoms with Crippen molar-refractivity contribution in [1.29, 1.82) is 0 Å². The predicted molar refractivity (Wildman–Crippen MR) is 158 cm³/mol. The van der Waals surface area contributed by atoms with Gasteiger partial charge in [0.15, 0.2) is 6.17 Å². The first-order valence-electron chi connectivity index (χ1n) is 15.0. The van der Waals surface area contributed by atoms with E-state index in [1.165, 1.54) is 24.1 Å². The van der Waals surface area contributed by atoms with Gasteiger partial charge >= 0.3 is 6.18 Å². The van der Waals surface area contributed by atoms with Crippen molar-refractivity contribution in [3.05, 3.63) is 53.6 Å². The average Bonchev–Trinajstić information content (AvgIpc) is 3.49. The number of likely N-dealkylation sites (N-methyl/N-ethyl adjacent to an activating group) is 1. The molecule has 0 aliphatic heterocycles. The van der Waals surface area contributed by atoms with Gasteiger partial charge in [0.1, 0.15) is 11.6 Å². The molecule has 2 fully saturated rings. The van der Waals surface area contributed by atoms with Crippen LogP contribution in [-0.2, 0) is 20.8 Å². The summed E-state index contributed by atoms with van der Waals surface area (Å²) in [7, 11) is 1.54. The number of rotatable bonds is 10. The molecule has 8 nitrogen and oxygen atoms in total. The lowest BCUT2D eigenvalue weighted by atomic mass is 9.84. The Morgan fingerprint density at radius 1 is 1.12 bits per heavy atom. The summed E-state index contributed by atoms with van der Waals surface area (Å²) >= 11 is 0. The number of halogens is 3. The summed E-state index contributed by atoms with van der Waals surface area (Å²) in [5, 5.41) is 16.2. The number of aliphatic hydroxyl groups excluding tert-OH is 1. The number of aliphatic imine (C=N–C) groups is 1. The summed E-state index contributed by atoms with van der Waals surface area (Å²) in [5.41, 5.74) is -0.640. The molecule has 11 heteroatoms. The molecule has 0 spiro atoms. The van der Waals surface area contributed by atoms with Crippen LogP contribution in [0, 0.1) is 11.8 Å². The smallest absolute Gasteiger partial charge is 0.383 e. The van der Waals surface area contributed by atoms with Crippen LogP contribution in [0.3, 0.4) is 0 Å². The first kappa shape index (κ1) is 32.4. The largest absolute Gasteiger partial charge is 0.416 e. The molecule has 234 valence electrons. The number of carbonyl (C=O) groups is 3. The zero-order valence-electron chi connectivity index (χ0n) is 24.5. The molecule has 3 N–H and O–H groups in total. The molecule has 1 aromatic carbocycles.